The first kappa shape index (κ1) is 21.6. The van der Waals surface area contributed by atoms with Crippen molar-refractivity contribution in [2.24, 2.45) is 5.92 Å². The third kappa shape index (κ3) is 5.18. The second-order valence-corrected chi connectivity index (χ2v) is 8.37. The summed E-state index contributed by atoms with van der Waals surface area (Å²) in [6, 6.07) is 5.56. The first-order valence-corrected chi connectivity index (χ1v) is 11.2. The SMILES string of the molecule is COc1ccc(-c2noc(CN3CCC(C(=O)N4CCCCCC4)CC3)n2)cc1OC. The van der Waals surface area contributed by atoms with Crippen LogP contribution in [0.15, 0.2) is 22.7 Å². The summed E-state index contributed by atoms with van der Waals surface area (Å²) in [7, 11) is 3.21. The molecule has 4 rings (SSSR count). The van der Waals surface area contributed by atoms with Crippen LogP contribution in [-0.2, 0) is 11.3 Å². The molecule has 0 atom stereocenters. The molecule has 3 heterocycles. The number of carbonyl (C=O) groups is 1. The van der Waals surface area contributed by atoms with Gasteiger partial charge in [0.2, 0.25) is 17.6 Å². The van der Waals surface area contributed by atoms with Crippen molar-refractivity contribution in [1.29, 1.82) is 0 Å². The molecule has 2 fully saturated rings. The van der Waals surface area contributed by atoms with Gasteiger partial charge in [-0.05, 0) is 57.0 Å². The molecule has 2 saturated heterocycles. The molecule has 8 heteroatoms. The lowest BCUT2D eigenvalue weighted by Gasteiger charge is -2.33. The Bertz CT molecular complexity index is 868. The monoisotopic (exact) mass is 428 g/mol. The molecule has 0 unspecified atom stereocenters. The van der Waals surface area contributed by atoms with Gasteiger partial charge in [0.05, 0.1) is 20.8 Å². The fourth-order valence-corrected chi connectivity index (χ4v) is 4.49. The van der Waals surface area contributed by atoms with E-state index in [1.807, 2.05) is 18.2 Å². The van der Waals surface area contributed by atoms with Crippen LogP contribution in [0.1, 0.15) is 44.4 Å². The molecule has 8 nitrogen and oxygen atoms in total. The Labute approximate surface area is 183 Å². The molecule has 2 aliphatic rings. The van der Waals surface area contributed by atoms with E-state index in [4.69, 9.17) is 14.0 Å². The van der Waals surface area contributed by atoms with Crippen LogP contribution in [0.5, 0.6) is 11.5 Å². The van der Waals surface area contributed by atoms with E-state index in [2.05, 4.69) is 19.9 Å². The second-order valence-electron chi connectivity index (χ2n) is 8.37. The number of rotatable bonds is 6. The Kier molecular flexibility index (Phi) is 7.06. The van der Waals surface area contributed by atoms with Crippen molar-refractivity contribution in [2.75, 3.05) is 40.4 Å². The number of hydrogen-bond acceptors (Lipinski definition) is 7. The number of nitrogens with zero attached hydrogens (tertiary/aromatic N) is 4. The Hall–Kier alpha value is -2.61. The number of hydrogen-bond donors (Lipinski definition) is 0. The van der Waals surface area contributed by atoms with Crippen molar-refractivity contribution >= 4 is 5.91 Å². The molecule has 31 heavy (non-hydrogen) atoms. The molecule has 2 aliphatic heterocycles. The summed E-state index contributed by atoms with van der Waals surface area (Å²) >= 11 is 0. The van der Waals surface area contributed by atoms with Gasteiger partial charge in [0, 0.05) is 24.6 Å². The average molecular weight is 429 g/mol. The maximum absolute atomic E-state index is 12.9. The van der Waals surface area contributed by atoms with Crippen LogP contribution < -0.4 is 9.47 Å². The predicted molar refractivity (Wildman–Crippen MR) is 116 cm³/mol. The summed E-state index contributed by atoms with van der Waals surface area (Å²) in [5.74, 6) is 2.91. The Morgan fingerprint density at radius 2 is 1.74 bits per heavy atom. The number of benzene rings is 1. The highest BCUT2D eigenvalue weighted by molar-refractivity contribution is 5.79. The summed E-state index contributed by atoms with van der Waals surface area (Å²) in [6.45, 7) is 4.21. The highest BCUT2D eigenvalue weighted by Crippen LogP contribution is 2.31. The first-order chi connectivity index (χ1) is 15.2. The van der Waals surface area contributed by atoms with Crippen LogP contribution >= 0.6 is 0 Å². The van der Waals surface area contributed by atoms with Crippen LogP contribution in [0, 0.1) is 5.92 Å². The predicted octanol–water partition coefficient (Wildman–Crippen LogP) is 3.37. The standard InChI is InChI=1S/C23H32N4O4/c1-29-19-8-7-18(15-20(19)30-2)22-24-21(31-25-22)16-26-13-9-17(10-14-26)23(28)27-11-5-3-4-6-12-27/h7-8,15,17H,3-6,9-14,16H2,1-2H3. The summed E-state index contributed by atoms with van der Waals surface area (Å²) in [5.41, 5.74) is 0.814. The molecular formula is C23H32N4O4. The number of carbonyl (C=O) groups excluding carboxylic acids is 1. The number of methoxy groups -OCH3 is 2. The lowest BCUT2D eigenvalue weighted by atomic mass is 9.95. The maximum atomic E-state index is 12.9. The maximum Gasteiger partial charge on any atom is 0.241 e. The molecule has 1 aromatic carbocycles. The van der Waals surface area contributed by atoms with Gasteiger partial charge in [-0.15, -0.1) is 0 Å². The summed E-state index contributed by atoms with van der Waals surface area (Å²) in [5, 5.41) is 4.13. The van der Waals surface area contributed by atoms with Gasteiger partial charge in [-0.1, -0.05) is 18.0 Å². The van der Waals surface area contributed by atoms with Crippen molar-refractivity contribution in [1.82, 2.24) is 19.9 Å². The van der Waals surface area contributed by atoms with Gasteiger partial charge in [0.15, 0.2) is 11.5 Å². The Morgan fingerprint density at radius 1 is 1.03 bits per heavy atom. The summed E-state index contributed by atoms with van der Waals surface area (Å²) in [4.78, 5) is 21.8. The first-order valence-electron chi connectivity index (χ1n) is 11.2. The van der Waals surface area contributed by atoms with E-state index in [0.29, 0.717) is 35.7 Å². The Morgan fingerprint density at radius 3 is 2.42 bits per heavy atom. The number of aromatic nitrogens is 2. The van der Waals surface area contributed by atoms with Gasteiger partial charge in [-0.2, -0.15) is 4.98 Å². The zero-order valence-electron chi connectivity index (χ0n) is 18.5. The van der Waals surface area contributed by atoms with Crippen molar-refractivity contribution in [3.63, 3.8) is 0 Å². The van der Waals surface area contributed by atoms with Crippen molar-refractivity contribution in [2.45, 2.75) is 45.1 Å². The van der Waals surface area contributed by atoms with E-state index in [1.165, 1.54) is 12.8 Å². The van der Waals surface area contributed by atoms with Crippen LogP contribution in [0.25, 0.3) is 11.4 Å². The lowest BCUT2D eigenvalue weighted by molar-refractivity contribution is -0.137. The number of piperidine rings is 1. The van der Waals surface area contributed by atoms with E-state index in [9.17, 15) is 4.79 Å². The average Bonchev–Trinajstić information content (AvgIpc) is 3.10. The molecule has 2 aromatic rings. The molecule has 0 bridgehead atoms. The molecule has 0 N–H and O–H groups in total. The third-order valence-corrected chi connectivity index (χ3v) is 6.32. The molecule has 168 valence electrons. The molecule has 0 spiro atoms. The minimum Gasteiger partial charge on any atom is -0.493 e. The number of amides is 1. The smallest absolute Gasteiger partial charge is 0.241 e. The van der Waals surface area contributed by atoms with Gasteiger partial charge in [-0.3, -0.25) is 9.69 Å². The third-order valence-electron chi connectivity index (χ3n) is 6.32. The van der Waals surface area contributed by atoms with E-state index in [0.717, 1.165) is 57.4 Å². The van der Waals surface area contributed by atoms with Crippen molar-refractivity contribution in [3.8, 4) is 22.9 Å². The van der Waals surface area contributed by atoms with Gasteiger partial charge in [-0.25, -0.2) is 0 Å². The Balaban J connectivity index is 1.31. The second kappa shape index (κ2) is 10.1. The minimum absolute atomic E-state index is 0.152. The van der Waals surface area contributed by atoms with E-state index < -0.39 is 0 Å². The van der Waals surface area contributed by atoms with E-state index in [-0.39, 0.29) is 5.92 Å². The summed E-state index contributed by atoms with van der Waals surface area (Å²) in [6.07, 6.45) is 6.57. The highest BCUT2D eigenvalue weighted by Gasteiger charge is 2.29. The van der Waals surface area contributed by atoms with E-state index in [1.54, 1.807) is 14.2 Å². The minimum atomic E-state index is 0.152. The van der Waals surface area contributed by atoms with Gasteiger partial charge >= 0.3 is 0 Å². The largest absolute Gasteiger partial charge is 0.493 e. The molecule has 1 amide bonds. The van der Waals surface area contributed by atoms with Crippen LogP contribution in [0.2, 0.25) is 0 Å². The zero-order chi connectivity index (χ0) is 21.6. The van der Waals surface area contributed by atoms with E-state index >= 15 is 0 Å². The molecule has 1 aromatic heterocycles. The highest BCUT2D eigenvalue weighted by atomic mass is 16.5. The zero-order valence-corrected chi connectivity index (χ0v) is 18.5. The fourth-order valence-electron chi connectivity index (χ4n) is 4.49. The normalized spacial score (nSPS) is 18.6. The fraction of sp³-hybridized carbons (Fsp3) is 0.609. The topological polar surface area (TPSA) is 80.9 Å². The van der Waals surface area contributed by atoms with Gasteiger partial charge in [0.25, 0.3) is 0 Å². The summed E-state index contributed by atoms with van der Waals surface area (Å²) < 4.78 is 16.1. The van der Waals surface area contributed by atoms with Crippen LogP contribution in [-0.4, -0.2) is 66.2 Å². The number of likely N-dealkylation sites (tertiary alicyclic amines) is 2. The molecule has 0 saturated carbocycles. The molecule has 0 radical (unpaired) electrons. The molecule has 0 aliphatic carbocycles. The molecular weight excluding hydrogens is 396 g/mol. The quantitative estimate of drug-likeness (QED) is 0.698. The van der Waals surface area contributed by atoms with Crippen molar-refractivity contribution in [3.05, 3.63) is 24.1 Å². The van der Waals surface area contributed by atoms with Gasteiger partial charge in [0.1, 0.15) is 0 Å². The van der Waals surface area contributed by atoms with Crippen LogP contribution in [0.4, 0.5) is 0 Å². The van der Waals surface area contributed by atoms with Crippen LogP contribution in [0.3, 0.4) is 0 Å². The number of ether oxygens (including phenoxy) is 2. The van der Waals surface area contributed by atoms with Gasteiger partial charge < -0.3 is 18.9 Å². The lowest BCUT2D eigenvalue weighted by Crippen LogP contribution is -2.42. The van der Waals surface area contributed by atoms with Crippen molar-refractivity contribution < 1.29 is 18.8 Å².